The summed E-state index contributed by atoms with van der Waals surface area (Å²) in [7, 11) is 0. The lowest BCUT2D eigenvalue weighted by molar-refractivity contribution is -0.143. The molecule has 2 rings (SSSR count). The standard InChI is InChI=1S/C19H31N3O4/c1-14(2)10-17(18(23)24)22(19(25)26)9-8-16-11-20-13-21(16)12-15-6-4-3-5-7-15/h11,13-15,17H,3-10,12H2,1-2H3,(H,23,24)(H,25,26). The van der Waals surface area contributed by atoms with Crippen LogP contribution in [0.25, 0.3) is 0 Å². The maximum Gasteiger partial charge on any atom is 0.408 e. The molecule has 0 saturated heterocycles. The van der Waals surface area contributed by atoms with E-state index in [1.165, 1.54) is 32.1 Å². The molecule has 1 saturated carbocycles. The molecule has 1 atom stereocenters. The van der Waals surface area contributed by atoms with Gasteiger partial charge in [0.25, 0.3) is 0 Å². The van der Waals surface area contributed by atoms with Crippen LogP contribution in [-0.2, 0) is 17.8 Å². The van der Waals surface area contributed by atoms with Gasteiger partial charge in [-0.05, 0) is 31.1 Å². The van der Waals surface area contributed by atoms with Crippen molar-refractivity contribution in [2.45, 2.75) is 71.4 Å². The maximum absolute atomic E-state index is 11.6. The van der Waals surface area contributed by atoms with Gasteiger partial charge in [-0.25, -0.2) is 14.6 Å². The molecule has 0 bridgehead atoms. The first-order valence-corrected chi connectivity index (χ1v) is 9.59. The molecular formula is C19H31N3O4. The fourth-order valence-corrected chi connectivity index (χ4v) is 3.80. The fourth-order valence-electron chi connectivity index (χ4n) is 3.80. The van der Waals surface area contributed by atoms with Gasteiger partial charge < -0.3 is 14.8 Å². The summed E-state index contributed by atoms with van der Waals surface area (Å²) in [6.07, 6.45) is 9.49. The Labute approximate surface area is 155 Å². The molecule has 1 amide bonds. The molecule has 1 aromatic heterocycles. The Kier molecular flexibility index (Phi) is 7.48. The zero-order valence-electron chi connectivity index (χ0n) is 15.8. The van der Waals surface area contributed by atoms with E-state index in [-0.39, 0.29) is 12.5 Å². The van der Waals surface area contributed by atoms with E-state index in [1.807, 2.05) is 13.8 Å². The Morgan fingerprint density at radius 2 is 1.96 bits per heavy atom. The lowest BCUT2D eigenvalue weighted by atomic mass is 9.89. The topological polar surface area (TPSA) is 95.7 Å². The number of carboxylic acid groups (broad SMARTS) is 2. The van der Waals surface area contributed by atoms with Crippen molar-refractivity contribution in [1.82, 2.24) is 14.5 Å². The number of carboxylic acids is 1. The van der Waals surface area contributed by atoms with Crippen molar-refractivity contribution in [3.63, 3.8) is 0 Å². The second-order valence-corrected chi connectivity index (χ2v) is 7.75. The van der Waals surface area contributed by atoms with Gasteiger partial charge in [-0.2, -0.15) is 0 Å². The van der Waals surface area contributed by atoms with Crippen LogP contribution < -0.4 is 0 Å². The number of aliphatic carboxylic acids is 1. The minimum absolute atomic E-state index is 0.106. The van der Waals surface area contributed by atoms with E-state index in [2.05, 4.69) is 9.55 Å². The zero-order chi connectivity index (χ0) is 19.1. The van der Waals surface area contributed by atoms with Gasteiger partial charge in [0.1, 0.15) is 6.04 Å². The Morgan fingerprint density at radius 3 is 2.54 bits per heavy atom. The lowest BCUT2D eigenvalue weighted by Crippen LogP contribution is -2.46. The molecule has 1 heterocycles. The molecule has 2 N–H and O–H groups in total. The van der Waals surface area contributed by atoms with E-state index >= 15 is 0 Å². The quantitative estimate of drug-likeness (QED) is 0.698. The van der Waals surface area contributed by atoms with E-state index in [9.17, 15) is 19.8 Å². The van der Waals surface area contributed by atoms with Gasteiger partial charge in [-0.15, -0.1) is 0 Å². The molecular weight excluding hydrogens is 334 g/mol. The SMILES string of the molecule is CC(C)CC(C(=O)O)N(CCc1cncn1CC1CCCCC1)C(=O)O. The maximum atomic E-state index is 11.6. The van der Waals surface area contributed by atoms with Gasteiger partial charge >= 0.3 is 12.1 Å². The highest BCUT2D eigenvalue weighted by atomic mass is 16.4. The van der Waals surface area contributed by atoms with Crippen molar-refractivity contribution < 1.29 is 19.8 Å². The monoisotopic (exact) mass is 365 g/mol. The van der Waals surface area contributed by atoms with E-state index < -0.39 is 18.1 Å². The molecule has 0 radical (unpaired) electrons. The summed E-state index contributed by atoms with van der Waals surface area (Å²) in [6.45, 7) is 4.87. The molecule has 0 aliphatic heterocycles. The van der Waals surface area contributed by atoms with Crippen LogP contribution in [-0.4, -0.2) is 49.3 Å². The predicted molar refractivity (Wildman–Crippen MR) is 98.1 cm³/mol. The van der Waals surface area contributed by atoms with Crippen molar-refractivity contribution in [3.8, 4) is 0 Å². The molecule has 7 heteroatoms. The molecule has 26 heavy (non-hydrogen) atoms. The second-order valence-electron chi connectivity index (χ2n) is 7.75. The Morgan fingerprint density at radius 1 is 1.27 bits per heavy atom. The minimum Gasteiger partial charge on any atom is -0.480 e. The molecule has 1 unspecified atom stereocenters. The van der Waals surface area contributed by atoms with Crippen LogP contribution in [0.15, 0.2) is 12.5 Å². The third-order valence-corrected chi connectivity index (χ3v) is 5.19. The first kappa shape index (κ1) is 20.3. The summed E-state index contributed by atoms with van der Waals surface area (Å²) >= 11 is 0. The number of imidazole rings is 1. The molecule has 146 valence electrons. The van der Waals surface area contributed by atoms with Gasteiger partial charge in [0.15, 0.2) is 0 Å². The average molecular weight is 365 g/mol. The smallest absolute Gasteiger partial charge is 0.408 e. The van der Waals surface area contributed by atoms with Crippen molar-refractivity contribution in [2.24, 2.45) is 11.8 Å². The number of hydrogen-bond acceptors (Lipinski definition) is 3. The number of nitrogens with zero attached hydrogens (tertiary/aromatic N) is 3. The number of aromatic nitrogens is 2. The van der Waals surface area contributed by atoms with E-state index in [4.69, 9.17) is 0 Å². The third kappa shape index (κ3) is 5.75. The van der Waals surface area contributed by atoms with E-state index in [1.54, 1.807) is 12.5 Å². The Hall–Kier alpha value is -2.05. The third-order valence-electron chi connectivity index (χ3n) is 5.19. The zero-order valence-corrected chi connectivity index (χ0v) is 15.8. The summed E-state index contributed by atoms with van der Waals surface area (Å²) < 4.78 is 2.11. The van der Waals surface area contributed by atoms with Crippen LogP contribution >= 0.6 is 0 Å². The van der Waals surface area contributed by atoms with Crippen LogP contribution in [0.5, 0.6) is 0 Å². The average Bonchev–Trinajstić information content (AvgIpc) is 3.01. The summed E-state index contributed by atoms with van der Waals surface area (Å²) in [5, 5.41) is 19.0. The number of hydrogen-bond donors (Lipinski definition) is 2. The van der Waals surface area contributed by atoms with Crippen molar-refractivity contribution >= 4 is 12.1 Å². The molecule has 7 nitrogen and oxygen atoms in total. The highest BCUT2D eigenvalue weighted by Crippen LogP contribution is 2.25. The fraction of sp³-hybridized carbons (Fsp3) is 0.737. The van der Waals surface area contributed by atoms with Crippen LogP contribution in [0.2, 0.25) is 0 Å². The van der Waals surface area contributed by atoms with E-state index in [0.29, 0.717) is 18.8 Å². The predicted octanol–water partition coefficient (Wildman–Crippen LogP) is 3.49. The first-order valence-electron chi connectivity index (χ1n) is 9.59. The van der Waals surface area contributed by atoms with Crippen molar-refractivity contribution in [2.75, 3.05) is 6.54 Å². The molecule has 1 aliphatic rings. The van der Waals surface area contributed by atoms with Crippen LogP contribution in [0, 0.1) is 11.8 Å². The van der Waals surface area contributed by atoms with E-state index in [0.717, 1.165) is 17.1 Å². The summed E-state index contributed by atoms with van der Waals surface area (Å²) in [5.74, 6) is -0.327. The van der Waals surface area contributed by atoms with Gasteiger partial charge in [0, 0.05) is 31.4 Å². The van der Waals surface area contributed by atoms with Crippen LogP contribution in [0.3, 0.4) is 0 Å². The van der Waals surface area contributed by atoms with Gasteiger partial charge in [0.2, 0.25) is 0 Å². The number of carbonyl (C=O) groups is 2. The molecule has 1 aromatic rings. The Balaban J connectivity index is 2.01. The van der Waals surface area contributed by atoms with Crippen LogP contribution in [0.4, 0.5) is 4.79 Å². The second kappa shape index (κ2) is 9.59. The van der Waals surface area contributed by atoms with Gasteiger partial charge in [-0.1, -0.05) is 33.1 Å². The van der Waals surface area contributed by atoms with Gasteiger partial charge in [-0.3, -0.25) is 4.90 Å². The van der Waals surface area contributed by atoms with Crippen LogP contribution in [0.1, 0.15) is 58.1 Å². The highest BCUT2D eigenvalue weighted by molar-refractivity contribution is 5.79. The normalized spacial score (nSPS) is 16.6. The summed E-state index contributed by atoms with van der Waals surface area (Å²) in [4.78, 5) is 28.5. The summed E-state index contributed by atoms with van der Waals surface area (Å²) in [6, 6.07) is -1.01. The van der Waals surface area contributed by atoms with Gasteiger partial charge in [0.05, 0.1) is 6.33 Å². The molecule has 1 fully saturated rings. The number of amides is 1. The largest absolute Gasteiger partial charge is 0.480 e. The Bertz CT molecular complexity index is 593. The molecule has 0 spiro atoms. The highest BCUT2D eigenvalue weighted by Gasteiger charge is 2.30. The minimum atomic E-state index is -1.18. The van der Waals surface area contributed by atoms with Crippen molar-refractivity contribution in [1.29, 1.82) is 0 Å². The first-order chi connectivity index (χ1) is 12.4. The summed E-state index contributed by atoms with van der Waals surface area (Å²) in [5.41, 5.74) is 0.968. The molecule has 0 aromatic carbocycles. The molecule has 1 aliphatic carbocycles. The van der Waals surface area contributed by atoms with Crippen molar-refractivity contribution in [3.05, 3.63) is 18.2 Å². The number of rotatable bonds is 9. The lowest BCUT2D eigenvalue weighted by Gasteiger charge is -2.28.